The molecule has 1 fully saturated rings. The van der Waals surface area contributed by atoms with Crippen molar-refractivity contribution in [1.82, 2.24) is 4.72 Å². The van der Waals surface area contributed by atoms with E-state index < -0.39 is 33.8 Å². The lowest BCUT2D eigenvalue weighted by atomic mass is 9.61. The van der Waals surface area contributed by atoms with Crippen molar-refractivity contribution in [3.63, 3.8) is 0 Å². The molecule has 0 aliphatic heterocycles. The second kappa shape index (κ2) is 13.6. The highest BCUT2D eigenvalue weighted by molar-refractivity contribution is 7.89. The first-order chi connectivity index (χ1) is 19.1. The molecule has 0 bridgehead atoms. The van der Waals surface area contributed by atoms with Crippen LogP contribution in [0, 0.1) is 6.92 Å². The molecule has 0 radical (unpaired) electrons. The Morgan fingerprint density at radius 2 is 1.73 bits per heavy atom. The lowest BCUT2D eigenvalue weighted by Crippen LogP contribution is -2.43. The van der Waals surface area contributed by atoms with Crippen LogP contribution in [0.3, 0.4) is 0 Å². The molecule has 0 saturated heterocycles. The fourth-order valence-electron chi connectivity index (χ4n) is 5.12. The fraction of sp³-hybridized carbons (Fsp3) is 0.387. The predicted octanol–water partition coefficient (Wildman–Crippen LogP) is 7.40. The Hall–Kier alpha value is -2.20. The molecule has 0 aromatic heterocycles. The molecule has 0 spiro atoms. The summed E-state index contributed by atoms with van der Waals surface area (Å²) in [6.45, 7) is 5.73. The molecule has 9 heteroatoms. The zero-order valence-corrected chi connectivity index (χ0v) is 25.6. The van der Waals surface area contributed by atoms with Crippen LogP contribution in [-0.4, -0.2) is 24.7 Å². The van der Waals surface area contributed by atoms with Crippen LogP contribution in [0.4, 0.5) is 0 Å². The molecule has 3 aromatic rings. The summed E-state index contributed by atoms with van der Waals surface area (Å²) in [6.07, 6.45) is 4.68. The van der Waals surface area contributed by atoms with E-state index in [1.165, 1.54) is 0 Å². The number of rotatable bonds is 13. The smallest absolute Gasteiger partial charge is 0.271 e. The molecular weight excluding hydrogens is 564 g/mol. The Kier molecular flexibility index (Phi) is 10.5. The Morgan fingerprint density at radius 1 is 1.07 bits per heavy atom. The molecule has 3 aromatic carbocycles. The highest BCUT2D eigenvalue weighted by Crippen LogP contribution is 2.47. The van der Waals surface area contributed by atoms with Crippen LogP contribution in [0.2, 0.25) is 5.02 Å². The molecule has 1 N–H and O–H groups in total. The number of hydrogen-bond acceptors (Lipinski definition) is 5. The molecular formula is C31H37ClN2O4S2. The minimum atomic E-state index is -3.83. The van der Waals surface area contributed by atoms with E-state index in [1.807, 2.05) is 61.5 Å². The van der Waals surface area contributed by atoms with E-state index in [1.54, 1.807) is 31.2 Å². The fourth-order valence-corrected chi connectivity index (χ4v) is 7.44. The van der Waals surface area contributed by atoms with E-state index in [-0.39, 0.29) is 10.3 Å². The normalized spacial score (nSPS) is 17.6. The van der Waals surface area contributed by atoms with Crippen molar-refractivity contribution in [2.45, 2.75) is 81.8 Å². The minimum absolute atomic E-state index is 0.160. The van der Waals surface area contributed by atoms with Gasteiger partial charge in [-0.15, -0.1) is 4.18 Å². The van der Waals surface area contributed by atoms with Gasteiger partial charge in [0.1, 0.15) is 0 Å². The van der Waals surface area contributed by atoms with Crippen molar-refractivity contribution in [1.29, 1.82) is 0 Å². The first-order valence-electron chi connectivity index (χ1n) is 13.7. The topological polar surface area (TPSA) is 90.8 Å². The van der Waals surface area contributed by atoms with Crippen LogP contribution in [0.25, 0.3) is 0 Å². The second-order valence-corrected chi connectivity index (χ2v) is 13.4. The molecule has 40 heavy (non-hydrogen) atoms. The average molecular weight is 601 g/mol. The number of sulfonamides is 1. The Labute approximate surface area is 246 Å². The van der Waals surface area contributed by atoms with Gasteiger partial charge in [-0.05, 0) is 79.3 Å². The van der Waals surface area contributed by atoms with Crippen LogP contribution >= 0.6 is 11.6 Å². The summed E-state index contributed by atoms with van der Waals surface area (Å²) in [4.78, 5) is 0.160. The van der Waals surface area contributed by atoms with Crippen molar-refractivity contribution in [3.05, 3.63) is 101 Å². The summed E-state index contributed by atoms with van der Waals surface area (Å²) in [5.74, 6) is 0. The van der Waals surface area contributed by atoms with Crippen LogP contribution in [-0.2, 0) is 31.3 Å². The first-order valence-corrected chi connectivity index (χ1v) is 16.6. The van der Waals surface area contributed by atoms with E-state index in [0.29, 0.717) is 17.0 Å². The Morgan fingerprint density at radius 3 is 2.30 bits per heavy atom. The van der Waals surface area contributed by atoms with Gasteiger partial charge in [-0.2, -0.15) is 0 Å². The van der Waals surface area contributed by atoms with E-state index in [2.05, 4.69) is 16.0 Å². The highest BCUT2D eigenvalue weighted by atomic mass is 35.5. The quantitative estimate of drug-likeness (QED) is 0.163. The van der Waals surface area contributed by atoms with Gasteiger partial charge in [-0.3, -0.25) is 0 Å². The lowest BCUT2D eigenvalue weighted by Gasteiger charge is -2.43. The van der Waals surface area contributed by atoms with Gasteiger partial charge in [0.05, 0.1) is 16.6 Å². The lowest BCUT2D eigenvalue weighted by molar-refractivity contribution is 0.180. The number of nitrogens with zero attached hydrogens (tertiary/aromatic N) is 1. The molecule has 6 nitrogen and oxygen atoms in total. The van der Waals surface area contributed by atoms with Crippen molar-refractivity contribution in [2.24, 2.45) is 4.40 Å². The van der Waals surface area contributed by atoms with E-state index in [4.69, 9.17) is 15.8 Å². The maximum Gasteiger partial charge on any atom is 0.271 e. The molecule has 3 atom stereocenters. The molecule has 214 valence electrons. The summed E-state index contributed by atoms with van der Waals surface area (Å²) < 4.78 is 53.3. The van der Waals surface area contributed by atoms with Crippen molar-refractivity contribution in [3.8, 4) is 0 Å². The SMILES string of the molecule is CCCCC(=N[S+]([O-])O[C@@H](c1ccccc1)[C@@H](C)NS(=O)(=O)c1ccc(C)cc1)C1(c2ccc(Cl)cc2)CCC1. The number of nitrogens with one attached hydrogen (secondary N) is 1. The summed E-state index contributed by atoms with van der Waals surface area (Å²) in [6, 6.07) is 23.0. The summed E-state index contributed by atoms with van der Waals surface area (Å²) >= 11 is 4.11. The maximum absolute atomic E-state index is 13.6. The zero-order chi connectivity index (χ0) is 28.8. The third-order valence-corrected chi connectivity index (χ3v) is 10.1. The van der Waals surface area contributed by atoms with Gasteiger partial charge in [0.15, 0.2) is 6.10 Å². The third-order valence-electron chi connectivity index (χ3n) is 7.55. The Balaban J connectivity index is 1.62. The predicted molar refractivity (Wildman–Crippen MR) is 163 cm³/mol. The van der Waals surface area contributed by atoms with Gasteiger partial charge in [-0.1, -0.05) is 91.5 Å². The van der Waals surface area contributed by atoms with E-state index in [0.717, 1.165) is 48.9 Å². The number of unbranched alkanes of at least 4 members (excludes halogenated alkanes) is 1. The van der Waals surface area contributed by atoms with E-state index >= 15 is 0 Å². The van der Waals surface area contributed by atoms with Crippen LogP contribution < -0.4 is 4.72 Å². The van der Waals surface area contributed by atoms with Crippen molar-refractivity contribution in [2.75, 3.05) is 0 Å². The molecule has 0 amide bonds. The molecule has 1 saturated carbocycles. The van der Waals surface area contributed by atoms with Gasteiger partial charge >= 0.3 is 0 Å². The van der Waals surface area contributed by atoms with Gasteiger partial charge in [-0.25, -0.2) is 13.1 Å². The molecule has 0 heterocycles. The van der Waals surface area contributed by atoms with Gasteiger partial charge in [0.25, 0.3) is 11.6 Å². The highest BCUT2D eigenvalue weighted by Gasteiger charge is 2.45. The van der Waals surface area contributed by atoms with Crippen LogP contribution in [0.15, 0.2) is 88.2 Å². The number of halogens is 1. The van der Waals surface area contributed by atoms with Crippen LogP contribution in [0.5, 0.6) is 0 Å². The second-order valence-electron chi connectivity index (χ2n) is 10.5. The number of hydrogen-bond donors (Lipinski definition) is 1. The summed E-state index contributed by atoms with van der Waals surface area (Å²) in [5.41, 5.74) is 3.36. The van der Waals surface area contributed by atoms with E-state index in [9.17, 15) is 13.0 Å². The number of aryl methyl sites for hydroxylation is 1. The average Bonchev–Trinajstić information content (AvgIpc) is 2.91. The Bertz CT molecular complexity index is 1380. The van der Waals surface area contributed by atoms with Gasteiger partial charge in [0.2, 0.25) is 10.0 Å². The van der Waals surface area contributed by atoms with Crippen LogP contribution in [0.1, 0.15) is 75.2 Å². The van der Waals surface area contributed by atoms with Gasteiger partial charge in [0, 0.05) is 10.4 Å². The summed E-state index contributed by atoms with van der Waals surface area (Å²) in [5, 5.41) is 0.671. The summed E-state index contributed by atoms with van der Waals surface area (Å²) in [7, 11) is -3.83. The first kappa shape index (κ1) is 30.8. The molecule has 4 rings (SSSR count). The third kappa shape index (κ3) is 7.35. The zero-order valence-electron chi connectivity index (χ0n) is 23.2. The molecule has 1 aliphatic rings. The largest absolute Gasteiger partial charge is 0.559 e. The monoisotopic (exact) mass is 600 g/mol. The standard InChI is InChI=1S/C31H37ClN2O4S2/c1-4-5-12-29(31(21-9-22-31)26-15-17-27(32)18-16-26)33-39(35)38-30(25-10-7-6-8-11-25)24(3)34-40(36,37)28-19-13-23(2)14-20-28/h6-8,10-11,13-20,24,30,34H,4-5,9,12,21-22H2,1-3H3/t24-,30-,39?/m1/s1. The molecule has 1 unspecified atom stereocenters. The maximum atomic E-state index is 13.6. The minimum Gasteiger partial charge on any atom is -0.559 e. The number of benzene rings is 3. The van der Waals surface area contributed by atoms with Gasteiger partial charge < -0.3 is 4.55 Å². The van der Waals surface area contributed by atoms with Crippen molar-refractivity contribution < 1.29 is 17.2 Å². The molecule has 1 aliphatic carbocycles. The van der Waals surface area contributed by atoms with Crippen molar-refractivity contribution >= 4 is 39.0 Å².